The number of likely N-dealkylation sites (tertiary alicyclic amines) is 1. The SMILES string of the molecule is Cc1ccc2nc(CSCC(=O)N3CCCC(COc4ccccc4)C3)cn2c1. The zero-order valence-electron chi connectivity index (χ0n) is 16.8. The van der Waals surface area contributed by atoms with Crippen LogP contribution in [0.5, 0.6) is 5.75 Å². The van der Waals surface area contributed by atoms with E-state index in [9.17, 15) is 4.79 Å². The van der Waals surface area contributed by atoms with E-state index in [1.54, 1.807) is 11.8 Å². The number of piperidine rings is 1. The molecule has 4 rings (SSSR count). The van der Waals surface area contributed by atoms with Gasteiger partial charge in [-0.25, -0.2) is 4.98 Å². The van der Waals surface area contributed by atoms with E-state index in [4.69, 9.17) is 4.74 Å². The molecule has 0 aliphatic carbocycles. The van der Waals surface area contributed by atoms with Gasteiger partial charge in [0.05, 0.1) is 18.1 Å². The molecule has 1 aromatic carbocycles. The summed E-state index contributed by atoms with van der Waals surface area (Å²) in [4.78, 5) is 19.3. The number of hydrogen-bond acceptors (Lipinski definition) is 4. The first-order valence-corrected chi connectivity index (χ1v) is 11.3. The molecule has 1 atom stereocenters. The molecule has 0 saturated carbocycles. The van der Waals surface area contributed by atoms with E-state index in [0.717, 1.165) is 48.8 Å². The molecule has 3 heterocycles. The van der Waals surface area contributed by atoms with Gasteiger partial charge in [-0.15, -0.1) is 11.8 Å². The highest BCUT2D eigenvalue weighted by molar-refractivity contribution is 7.99. The number of hydrogen-bond donors (Lipinski definition) is 0. The largest absolute Gasteiger partial charge is 0.493 e. The van der Waals surface area contributed by atoms with Crippen LogP contribution in [0.3, 0.4) is 0 Å². The third-order valence-corrected chi connectivity index (χ3v) is 6.18. The molecule has 1 aliphatic heterocycles. The highest BCUT2D eigenvalue weighted by Gasteiger charge is 2.24. The topological polar surface area (TPSA) is 46.8 Å². The molecular weight excluding hydrogens is 382 g/mol. The zero-order valence-corrected chi connectivity index (χ0v) is 17.6. The van der Waals surface area contributed by atoms with E-state index in [-0.39, 0.29) is 5.91 Å². The van der Waals surface area contributed by atoms with Crippen LogP contribution < -0.4 is 4.74 Å². The number of imidazole rings is 1. The minimum atomic E-state index is 0.221. The third-order valence-electron chi connectivity index (χ3n) is 5.22. The summed E-state index contributed by atoms with van der Waals surface area (Å²) in [6.45, 7) is 4.39. The zero-order chi connectivity index (χ0) is 20.1. The first-order chi connectivity index (χ1) is 14.2. The van der Waals surface area contributed by atoms with Crippen molar-refractivity contribution in [1.82, 2.24) is 14.3 Å². The van der Waals surface area contributed by atoms with E-state index < -0.39 is 0 Å². The number of thioether (sulfide) groups is 1. The highest BCUT2D eigenvalue weighted by atomic mass is 32.2. The number of amides is 1. The number of aryl methyl sites for hydroxylation is 1. The Morgan fingerprint density at radius 3 is 2.93 bits per heavy atom. The first-order valence-electron chi connectivity index (χ1n) is 10.1. The summed E-state index contributed by atoms with van der Waals surface area (Å²) in [5.74, 6) is 2.77. The van der Waals surface area contributed by atoms with Gasteiger partial charge in [0.2, 0.25) is 5.91 Å². The Bertz CT molecular complexity index is 957. The Morgan fingerprint density at radius 2 is 2.07 bits per heavy atom. The van der Waals surface area contributed by atoms with Crippen LogP contribution in [0.25, 0.3) is 5.65 Å². The van der Waals surface area contributed by atoms with Crippen molar-refractivity contribution >= 4 is 23.3 Å². The van der Waals surface area contributed by atoms with E-state index in [0.29, 0.717) is 18.3 Å². The van der Waals surface area contributed by atoms with Gasteiger partial charge in [-0.1, -0.05) is 24.3 Å². The number of rotatable bonds is 7. The quantitative estimate of drug-likeness (QED) is 0.587. The van der Waals surface area contributed by atoms with Gasteiger partial charge < -0.3 is 14.0 Å². The van der Waals surface area contributed by atoms with Crippen molar-refractivity contribution in [3.63, 3.8) is 0 Å². The van der Waals surface area contributed by atoms with E-state index >= 15 is 0 Å². The minimum absolute atomic E-state index is 0.221. The lowest BCUT2D eigenvalue weighted by Crippen LogP contribution is -2.42. The van der Waals surface area contributed by atoms with Crippen molar-refractivity contribution in [2.45, 2.75) is 25.5 Å². The summed E-state index contributed by atoms with van der Waals surface area (Å²) in [6.07, 6.45) is 6.29. The van der Waals surface area contributed by atoms with Gasteiger partial charge >= 0.3 is 0 Å². The Hall–Kier alpha value is -2.47. The molecule has 2 aromatic heterocycles. The number of carbonyl (C=O) groups excluding carboxylic acids is 1. The van der Waals surface area contributed by atoms with Crippen molar-refractivity contribution in [3.05, 3.63) is 66.1 Å². The molecule has 0 radical (unpaired) electrons. The van der Waals surface area contributed by atoms with Gasteiger partial charge in [-0.3, -0.25) is 4.79 Å². The van der Waals surface area contributed by atoms with Crippen LogP contribution in [-0.4, -0.2) is 45.6 Å². The molecule has 0 N–H and O–H groups in total. The summed E-state index contributed by atoms with van der Waals surface area (Å²) >= 11 is 1.64. The molecular formula is C23H27N3O2S. The normalized spacial score (nSPS) is 16.9. The molecule has 0 bridgehead atoms. The smallest absolute Gasteiger partial charge is 0.232 e. The first kappa shape index (κ1) is 19.8. The lowest BCUT2D eigenvalue weighted by molar-refractivity contribution is -0.130. The summed E-state index contributed by atoms with van der Waals surface area (Å²) < 4.78 is 7.95. The second-order valence-corrected chi connectivity index (χ2v) is 8.65. The van der Waals surface area contributed by atoms with Crippen molar-refractivity contribution < 1.29 is 9.53 Å². The van der Waals surface area contributed by atoms with Crippen LogP contribution in [0.2, 0.25) is 0 Å². The van der Waals surface area contributed by atoms with E-state index in [1.807, 2.05) is 41.3 Å². The van der Waals surface area contributed by atoms with E-state index in [1.165, 1.54) is 5.56 Å². The van der Waals surface area contributed by atoms with Crippen molar-refractivity contribution in [1.29, 1.82) is 0 Å². The van der Waals surface area contributed by atoms with Crippen LogP contribution >= 0.6 is 11.8 Å². The fourth-order valence-electron chi connectivity index (χ4n) is 3.72. The fraction of sp³-hybridized carbons (Fsp3) is 0.391. The van der Waals surface area contributed by atoms with Crippen LogP contribution in [0.15, 0.2) is 54.9 Å². The summed E-state index contributed by atoms with van der Waals surface area (Å²) in [7, 11) is 0. The monoisotopic (exact) mass is 409 g/mol. The van der Waals surface area contributed by atoms with Crippen molar-refractivity contribution in [2.24, 2.45) is 5.92 Å². The van der Waals surface area contributed by atoms with Crippen LogP contribution in [0.4, 0.5) is 0 Å². The van der Waals surface area contributed by atoms with Crippen molar-refractivity contribution in [2.75, 3.05) is 25.4 Å². The summed E-state index contributed by atoms with van der Waals surface area (Å²) in [6, 6.07) is 14.0. The van der Waals surface area contributed by atoms with E-state index in [2.05, 4.69) is 34.8 Å². The third kappa shape index (κ3) is 5.32. The van der Waals surface area contributed by atoms with Gasteiger partial charge in [0, 0.05) is 37.2 Å². The molecule has 1 aliphatic rings. The maximum absolute atomic E-state index is 12.7. The minimum Gasteiger partial charge on any atom is -0.493 e. The van der Waals surface area contributed by atoms with Crippen molar-refractivity contribution in [3.8, 4) is 5.75 Å². The lowest BCUT2D eigenvalue weighted by atomic mass is 9.99. The number of para-hydroxylation sites is 1. The number of aromatic nitrogens is 2. The standard InChI is InChI=1S/C23H27N3O2S/c1-18-9-10-22-24-20(14-26(22)12-18)16-29-17-23(27)25-11-5-6-19(13-25)15-28-21-7-3-2-4-8-21/h2-4,7-10,12,14,19H,5-6,11,13,15-17H2,1H3. The van der Waals surface area contributed by atoms with Crippen LogP contribution in [0.1, 0.15) is 24.1 Å². The highest BCUT2D eigenvalue weighted by Crippen LogP contribution is 2.20. The Labute approximate surface area is 176 Å². The maximum atomic E-state index is 12.7. The predicted molar refractivity (Wildman–Crippen MR) is 117 cm³/mol. The summed E-state index contributed by atoms with van der Waals surface area (Å²) in [5.41, 5.74) is 3.18. The molecule has 6 heteroatoms. The molecule has 152 valence electrons. The molecule has 1 unspecified atom stereocenters. The maximum Gasteiger partial charge on any atom is 0.232 e. The number of benzene rings is 1. The second kappa shape index (κ2) is 9.35. The lowest BCUT2D eigenvalue weighted by Gasteiger charge is -2.32. The number of fused-ring (bicyclic) bond motifs is 1. The molecule has 0 spiro atoms. The Morgan fingerprint density at radius 1 is 1.21 bits per heavy atom. The number of ether oxygens (including phenoxy) is 1. The number of nitrogens with zero attached hydrogens (tertiary/aromatic N) is 3. The Kier molecular flexibility index (Phi) is 6.39. The molecule has 1 saturated heterocycles. The Balaban J connectivity index is 1.23. The van der Waals surface area contributed by atoms with Gasteiger partial charge in [0.1, 0.15) is 11.4 Å². The number of carbonyl (C=O) groups is 1. The average molecular weight is 410 g/mol. The molecule has 3 aromatic rings. The summed E-state index contributed by atoms with van der Waals surface area (Å²) in [5, 5.41) is 0. The van der Waals surface area contributed by atoms with Crippen LogP contribution in [0, 0.1) is 12.8 Å². The fourth-order valence-corrected chi connectivity index (χ4v) is 4.53. The molecule has 1 fully saturated rings. The molecule has 5 nitrogen and oxygen atoms in total. The average Bonchev–Trinajstić information content (AvgIpc) is 3.15. The van der Waals surface area contributed by atoms with Gasteiger partial charge in [0.25, 0.3) is 0 Å². The predicted octanol–water partition coefficient (Wildman–Crippen LogP) is 4.19. The second-order valence-electron chi connectivity index (χ2n) is 7.67. The molecule has 29 heavy (non-hydrogen) atoms. The molecule has 1 amide bonds. The van der Waals surface area contributed by atoms with Gasteiger partial charge in [-0.2, -0.15) is 0 Å². The van der Waals surface area contributed by atoms with Gasteiger partial charge in [0.15, 0.2) is 0 Å². The van der Waals surface area contributed by atoms with Gasteiger partial charge in [-0.05, 0) is 43.5 Å². The van der Waals surface area contributed by atoms with Crippen LogP contribution in [-0.2, 0) is 10.5 Å². The number of pyridine rings is 1.